The van der Waals surface area contributed by atoms with Crippen LogP contribution in [0.15, 0.2) is 134 Å². The molecule has 4 aromatic heterocycles. The van der Waals surface area contributed by atoms with Crippen LogP contribution in [0, 0.1) is 11.6 Å². The number of carboxylic acids is 1. The summed E-state index contributed by atoms with van der Waals surface area (Å²) in [5, 5.41) is 38.2. The van der Waals surface area contributed by atoms with Crippen LogP contribution in [0.2, 0.25) is 0 Å². The molecule has 4 aromatic carbocycles. The number of aliphatic hydroxyl groups excluding tert-OH is 2. The first-order chi connectivity index (χ1) is 32.9. The van der Waals surface area contributed by atoms with Crippen molar-refractivity contribution in [1.29, 1.82) is 0 Å². The lowest BCUT2D eigenvalue weighted by Crippen LogP contribution is -2.22. The Bertz CT molecular complexity index is 3030. The normalized spacial score (nSPS) is 13.2. The molecule has 2 atom stereocenters. The van der Waals surface area contributed by atoms with Crippen molar-refractivity contribution in [2.45, 2.75) is 83.1 Å². The number of nitrogens with zero attached hydrogens (tertiary/aromatic N) is 6. The molecule has 1 aliphatic rings. The van der Waals surface area contributed by atoms with Crippen LogP contribution in [-0.2, 0) is 17.9 Å². The number of amides is 1. The summed E-state index contributed by atoms with van der Waals surface area (Å²) in [5.41, 5.74) is 13.7. The number of hydrogen-bond donors (Lipinski definition) is 5. The van der Waals surface area contributed by atoms with Gasteiger partial charge in [0, 0.05) is 47.0 Å². The predicted molar refractivity (Wildman–Crippen MR) is 258 cm³/mol. The average Bonchev–Trinajstić information content (AvgIpc) is 4.02. The summed E-state index contributed by atoms with van der Waals surface area (Å²) in [6, 6.07) is 35.2. The van der Waals surface area contributed by atoms with Crippen molar-refractivity contribution in [2.24, 2.45) is 0 Å². The van der Waals surface area contributed by atoms with Crippen molar-refractivity contribution < 1.29 is 33.7 Å². The minimum atomic E-state index is -1.18. The Balaban J connectivity index is 0.000000199. The molecule has 9 rings (SSSR count). The van der Waals surface area contributed by atoms with Crippen LogP contribution in [-0.4, -0.2) is 68.7 Å². The summed E-state index contributed by atoms with van der Waals surface area (Å²) >= 11 is 0. The van der Waals surface area contributed by atoms with Crippen LogP contribution in [0.3, 0.4) is 0 Å². The third-order valence-electron chi connectivity index (χ3n) is 11.8. The monoisotopic (exact) mass is 918 g/mol. The maximum atomic E-state index is 14.1. The quantitative estimate of drug-likeness (QED) is 0.0623. The number of carbonyl (C=O) groups is 2. The predicted octanol–water partition coefficient (Wildman–Crippen LogP) is 9.85. The number of anilines is 2. The van der Waals surface area contributed by atoms with E-state index in [2.05, 4.69) is 25.4 Å². The Morgan fingerprint density at radius 3 is 2.19 bits per heavy atom. The van der Waals surface area contributed by atoms with Gasteiger partial charge in [-0.3, -0.25) is 9.59 Å². The van der Waals surface area contributed by atoms with Crippen LogP contribution in [0.5, 0.6) is 0 Å². The van der Waals surface area contributed by atoms with Crippen LogP contribution in [0.1, 0.15) is 85.0 Å². The van der Waals surface area contributed by atoms with Gasteiger partial charge in [-0.25, -0.2) is 28.4 Å². The SMILES string of the molecule is CC(C)c1c(C(=O)Nc2ccccc2)c(-c2ccccc2)c(-c2ccc(F)cc2)n1CC[C@@H](O)C[C@@H](O)CC(=O)O.Nc1nc(-c2nn(Cc3ccccc3F)c3ncccc23)ncc1C1CC1. The molecule has 0 spiro atoms. The fourth-order valence-corrected chi connectivity index (χ4v) is 8.50. The standard InChI is InChI=1S/C33H35FN2O5.C20H17FN6/c1-21(2)31-30(33(41)35-25-11-7-4-8-12-25)29(22-9-5-3-6-10-22)32(23-13-15-24(34)16-14-23)36(31)18-17-26(37)19-27(38)20-28(39)40;21-16-6-2-1-4-13(16)11-27-20-14(5-3-9-23-20)17(26-27)19-24-10-15(12-7-8-12)18(22)25-19/h3-16,21,26-27,37-38H,17-20H2,1-2H3,(H,35,41)(H,39,40);1-6,9-10,12H,7-8,11H2,(H2,22,24,25)/t26-,27-;/m1./s1. The Morgan fingerprint density at radius 1 is 0.838 bits per heavy atom. The average molecular weight is 919 g/mol. The molecule has 348 valence electrons. The zero-order valence-electron chi connectivity index (χ0n) is 37.6. The molecule has 0 aliphatic heterocycles. The molecule has 6 N–H and O–H groups in total. The van der Waals surface area contributed by atoms with Crippen molar-refractivity contribution in [2.75, 3.05) is 11.1 Å². The smallest absolute Gasteiger partial charge is 0.305 e. The largest absolute Gasteiger partial charge is 0.481 e. The van der Waals surface area contributed by atoms with E-state index in [0.29, 0.717) is 62.5 Å². The number of pyridine rings is 1. The van der Waals surface area contributed by atoms with Gasteiger partial charge in [0.25, 0.3) is 5.91 Å². The molecule has 0 saturated heterocycles. The first kappa shape index (κ1) is 46.9. The number of halogens is 2. The molecule has 1 aliphatic carbocycles. The zero-order valence-corrected chi connectivity index (χ0v) is 37.6. The molecule has 0 bridgehead atoms. The lowest BCUT2D eigenvalue weighted by atomic mass is 9.94. The highest BCUT2D eigenvalue weighted by molar-refractivity contribution is 6.12. The second kappa shape index (κ2) is 20.9. The summed E-state index contributed by atoms with van der Waals surface area (Å²) in [4.78, 5) is 38.4. The second-order valence-corrected chi connectivity index (χ2v) is 17.2. The molecular weight excluding hydrogens is 867 g/mol. The second-order valence-electron chi connectivity index (χ2n) is 17.2. The van der Waals surface area contributed by atoms with Crippen LogP contribution < -0.4 is 11.1 Å². The third kappa shape index (κ3) is 10.8. The lowest BCUT2D eigenvalue weighted by molar-refractivity contribution is -0.139. The van der Waals surface area contributed by atoms with Crippen molar-refractivity contribution in [3.63, 3.8) is 0 Å². The van der Waals surface area contributed by atoms with E-state index in [4.69, 9.17) is 10.8 Å². The highest BCUT2D eigenvalue weighted by Crippen LogP contribution is 2.44. The highest BCUT2D eigenvalue weighted by atomic mass is 19.1. The minimum Gasteiger partial charge on any atom is -0.481 e. The zero-order chi connectivity index (χ0) is 47.9. The number of rotatable bonds is 16. The van der Waals surface area contributed by atoms with Gasteiger partial charge >= 0.3 is 5.97 Å². The fourth-order valence-electron chi connectivity index (χ4n) is 8.50. The molecule has 1 fully saturated rings. The Morgan fingerprint density at radius 2 is 1.53 bits per heavy atom. The van der Waals surface area contributed by atoms with E-state index < -0.39 is 24.6 Å². The molecular formula is C53H52F2N8O5. The van der Waals surface area contributed by atoms with Crippen molar-refractivity contribution >= 4 is 34.4 Å². The van der Waals surface area contributed by atoms with Crippen molar-refractivity contribution in [3.8, 4) is 33.9 Å². The fraction of sp³-hybridized carbons (Fsp3) is 0.245. The third-order valence-corrected chi connectivity index (χ3v) is 11.8. The molecule has 0 unspecified atom stereocenters. The number of carboxylic acid groups (broad SMARTS) is 1. The Kier molecular flexibility index (Phi) is 14.4. The van der Waals surface area contributed by atoms with Gasteiger partial charge in [-0.05, 0) is 103 Å². The number of para-hydroxylation sites is 1. The van der Waals surface area contributed by atoms with Crippen LogP contribution >= 0.6 is 0 Å². The van der Waals surface area contributed by atoms with E-state index in [1.54, 1.807) is 47.4 Å². The summed E-state index contributed by atoms with van der Waals surface area (Å²) < 4.78 is 31.8. The van der Waals surface area contributed by atoms with Gasteiger partial charge in [0.05, 0.1) is 41.8 Å². The van der Waals surface area contributed by atoms with Crippen molar-refractivity contribution in [3.05, 3.63) is 168 Å². The number of benzene rings is 4. The van der Waals surface area contributed by atoms with Crippen molar-refractivity contribution in [1.82, 2.24) is 29.3 Å². The van der Waals surface area contributed by atoms with Gasteiger partial charge in [-0.1, -0.05) is 80.6 Å². The summed E-state index contributed by atoms with van der Waals surface area (Å²) in [6.07, 6.45) is 3.26. The highest BCUT2D eigenvalue weighted by Gasteiger charge is 2.31. The van der Waals surface area contributed by atoms with Gasteiger partial charge in [0.1, 0.15) is 23.1 Å². The summed E-state index contributed by atoms with van der Waals surface area (Å²) in [7, 11) is 0. The van der Waals surface area contributed by atoms with Gasteiger partial charge in [-0.2, -0.15) is 5.10 Å². The van der Waals surface area contributed by atoms with E-state index >= 15 is 0 Å². The maximum Gasteiger partial charge on any atom is 0.305 e. The molecule has 4 heterocycles. The van der Waals surface area contributed by atoms with E-state index in [-0.39, 0.29) is 49.4 Å². The molecule has 0 radical (unpaired) electrons. The van der Waals surface area contributed by atoms with Crippen LogP contribution in [0.25, 0.3) is 44.9 Å². The molecule has 1 amide bonds. The minimum absolute atomic E-state index is 0.0939. The number of aliphatic carboxylic acids is 1. The van der Waals surface area contributed by atoms with Gasteiger partial charge in [-0.15, -0.1) is 0 Å². The van der Waals surface area contributed by atoms with Crippen LogP contribution in [0.4, 0.5) is 20.3 Å². The first-order valence-corrected chi connectivity index (χ1v) is 22.6. The molecule has 15 heteroatoms. The van der Waals surface area contributed by atoms with Gasteiger partial charge in [0.15, 0.2) is 11.5 Å². The molecule has 8 aromatic rings. The lowest BCUT2D eigenvalue weighted by Gasteiger charge is -2.20. The Labute approximate surface area is 392 Å². The topological polar surface area (TPSA) is 194 Å². The number of fused-ring (bicyclic) bond motifs is 1. The molecule has 1 saturated carbocycles. The molecule has 13 nitrogen and oxygen atoms in total. The van der Waals surface area contributed by atoms with E-state index in [1.807, 2.05) is 91.2 Å². The number of hydrogen-bond acceptors (Lipinski definition) is 9. The van der Waals surface area contributed by atoms with E-state index in [0.717, 1.165) is 35.0 Å². The summed E-state index contributed by atoms with van der Waals surface area (Å²) in [5.74, 6) is -0.759. The first-order valence-electron chi connectivity index (χ1n) is 22.6. The number of aromatic nitrogens is 6. The number of nitrogens with two attached hydrogens (primary N) is 1. The van der Waals surface area contributed by atoms with Gasteiger partial charge < -0.3 is 30.9 Å². The number of nitrogen functional groups attached to an aromatic ring is 1. The number of aliphatic hydroxyl groups is 2. The summed E-state index contributed by atoms with van der Waals surface area (Å²) in [6.45, 7) is 4.53. The van der Waals surface area contributed by atoms with E-state index in [1.165, 1.54) is 18.2 Å². The van der Waals surface area contributed by atoms with Gasteiger partial charge in [0.2, 0.25) is 0 Å². The number of nitrogens with one attached hydrogen (secondary N) is 1. The Hall–Kier alpha value is -7.62. The molecule has 68 heavy (non-hydrogen) atoms. The maximum absolute atomic E-state index is 14.1. The van der Waals surface area contributed by atoms with E-state index in [9.17, 15) is 28.6 Å². The number of carbonyl (C=O) groups excluding carboxylic acids is 1.